The molecule has 262 valence electrons. The number of para-hydroxylation sites is 1. The van der Waals surface area contributed by atoms with Gasteiger partial charge in [0.05, 0.1) is 47.1 Å². The van der Waals surface area contributed by atoms with Gasteiger partial charge in [-0.05, 0) is 48.7 Å². The fourth-order valence-electron chi connectivity index (χ4n) is 7.73. The fourth-order valence-corrected chi connectivity index (χ4v) is 8.40. The summed E-state index contributed by atoms with van der Waals surface area (Å²) in [7, 11) is 5.27. The maximum Gasteiger partial charge on any atom is 0.308 e. The Hall–Kier alpha value is -4.00. The molecule has 50 heavy (non-hydrogen) atoms. The average molecular weight is 723 g/mol. The number of amides is 1. The number of aromatic nitrogens is 2. The molecule has 2 aliphatic heterocycles. The minimum absolute atomic E-state index is 0.00642. The van der Waals surface area contributed by atoms with Crippen molar-refractivity contribution < 1.29 is 28.6 Å². The smallest absolute Gasteiger partial charge is 0.308 e. The molecule has 3 aromatic carbocycles. The van der Waals surface area contributed by atoms with E-state index in [1.165, 1.54) is 13.2 Å². The lowest BCUT2D eigenvalue weighted by Gasteiger charge is -2.32. The maximum absolute atomic E-state index is 15.0. The topological polar surface area (TPSA) is 118 Å². The predicted molar refractivity (Wildman–Crippen MR) is 188 cm³/mol. The van der Waals surface area contributed by atoms with Gasteiger partial charge in [-0.25, -0.2) is 9.37 Å². The fraction of sp³-hybridized carbons (Fsp3) is 0.378. The van der Waals surface area contributed by atoms with Crippen molar-refractivity contribution >= 4 is 40.8 Å². The van der Waals surface area contributed by atoms with Gasteiger partial charge < -0.3 is 34.7 Å². The van der Waals surface area contributed by atoms with Crippen LogP contribution in [0.15, 0.2) is 54.6 Å². The molecule has 1 amide bonds. The highest BCUT2D eigenvalue weighted by molar-refractivity contribution is 6.36. The summed E-state index contributed by atoms with van der Waals surface area (Å²) < 4.78 is 29.1. The lowest BCUT2D eigenvalue weighted by atomic mass is 9.86. The number of alkyl halides is 1. The van der Waals surface area contributed by atoms with Crippen molar-refractivity contribution in [2.45, 2.75) is 43.5 Å². The van der Waals surface area contributed by atoms with E-state index < -0.39 is 41.3 Å². The molecule has 1 aliphatic carbocycles. The zero-order valence-corrected chi connectivity index (χ0v) is 29.4. The first-order valence-electron chi connectivity index (χ1n) is 16.6. The molecule has 13 heteroatoms. The Morgan fingerprint density at radius 1 is 1.10 bits per heavy atom. The van der Waals surface area contributed by atoms with Crippen LogP contribution in [0.2, 0.25) is 5.02 Å². The molecular formula is C37H38Cl2FN5O5. The van der Waals surface area contributed by atoms with E-state index in [0.717, 1.165) is 46.6 Å². The number of benzene rings is 3. The highest BCUT2D eigenvalue weighted by atomic mass is 35.5. The molecule has 5 atom stereocenters. The van der Waals surface area contributed by atoms with Crippen LogP contribution in [-0.4, -0.2) is 64.2 Å². The van der Waals surface area contributed by atoms with Crippen LogP contribution in [0.4, 0.5) is 10.1 Å². The number of nitrogens with one attached hydrogen (secondary N) is 2. The third-order valence-electron chi connectivity index (χ3n) is 10.2. The Balaban J connectivity index is 1.20. The highest BCUT2D eigenvalue weighted by Gasteiger charge is 2.47. The molecule has 3 heterocycles. The van der Waals surface area contributed by atoms with Crippen LogP contribution in [0.5, 0.6) is 5.75 Å². The van der Waals surface area contributed by atoms with Gasteiger partial charge in [0.25, 0.3) is 5.91 Å². The number of ether oxygens (including phenoxy) is 2. The number of imidazole rings is 1. The van der Waals surface area contributed by atoms with Crippen molar-refractivity contribution in [1.29, 1.82) is 0 Å². The van der Waals surface area contributed by atoms with Gasteiger partial charge in [-0.1, -0.05) is 54.1 Å². The van der Waals surface area contributed by atoms with E-state index in [-0.39, 0.29) is 18.2 Å². The van der Waals surface area contributed by atoms with Gasteiger partial charge in [0.1, 0.15) is 0 Å². The van der Waals surface area contributed by atoms with Gasteiger partial charge in [-0.15, -0.1) is 11.6 Å². The summed E-state index contributed by atoms with van der Waals surface area (Å²) >= 11 is 13.7. The SMILES string of the molecule is COc1c(F)cccc1C(O[C@@H]1CCc2c(-c3cccc(NC(=O)c4nc5c(n4C)CCN(C)C5)c3Cl)cccc21)C1C(Cl)NCC1C(=O)O. The van der Waals surface area contributed by atoms with E-state index in [4.69, 9.17) is 32.7 Å². The predicted octanol–water partition coefficient (Wildman–Crippen LogP) is 6.36. The van der Waals surface area contributed by atoms with Crippen LogP contribution in [0.1, 0.15) is 57.3 Å². The van der Waals surface area contributed by atoms with Crippen molar-refractivity contribution in [2.75, 3.05) is 32.6 Å². The molecule has 0 radical (unpaired) electrons. The maximum atomic E-state index is 15.0. The number of hydrogen-bond acceptors (Lipinski definition) is 7. The number of anilines is 1. The number of halogens is 3. The van der Waals surface area contributed by atoms with E-state index >= 15 is 0 Å². The number of rotatable bonds is 9. The number of aliphatic carboxylic acids is 1. The van der Waals surface area contributed by atoms with Crippen LogP contribution in [0.3, 0.4) is 0 Å². The number of fused-ring (bicyclic) bond motifs is 2. The van der Waals surface area contributed by atoms with Gasteiger partial charge in [0, 0.05) is 55.8 Å². The number of hydrogen-bond donors (Lipinski definition) is 3. The average Bonchev–Trinajstić information content (AvgIpc) is 3.79. The Kier molecular flexibility index (Phi) is 9.62. The minimum atomic E-state index is -1.01. The third kappa shape index (κ3) is 6.15. The number of carbonyl (C=O) groups excluding carboxylic acids is 1. The van der Waals surface area contributed by atoms with E-state index in [1.807, 2.05) is 49.0 Å². The molecule has 3 aliphatic rings. The van der Waals surface area contributed by atoms with Gasteiger partial charge >= 0.3 is 5.97 Å². The van der Waals surface area contributed by atoms with E-state index in [2.05, 4.69) is 20.5 Å². The molecule has 0 spiro atoms. The molecular weight excluding hydrogens is 684 g/mol. The van der Waals surface area contributed by atoms with Crippen LogP contribution < -0.4 is 15.4 Å². The quantitative estimate of drug-likeness (QED) is 0.135. The molecule has 3 N–H and O–H groups in total. The second-order valence-electron chi connectivity index (χ2n) is 13.1. The van der Waals surface area contributed by atoms with Crippen molar-refractivity contribution in [1.82, 2.24) is 19.8 Å². The summed E-state index contributed by atoms with van der Waals surface area (Å²) in [5, 5.41) is 16.5. The summed E-state index contributed by atoms with van der Waals surface area (Å²) in [6, 6.07) is 16.0. The largest absolute Gasteiger partial charge is 0.493 e. The molecule has 7 rings (SSSR count). The van der Waals surface area contributed by atoms with Crippen LogP contribution in [0, 0.1) is 17.7 Å². The number of carboxylic acid groups (broad SMARTS) is 1. The zero-order chi connectivity index (χ0) is 35.3. The normalized spacial score (nSPS) is 22.2. The van der Waals surface area contributed by atoms with Crippen LogP contribution in [0.25, 0.3) is 11.1 Å². The lowest BCUT2D eigenvalue weighted by Crippen LogP contribution is -2.32. The number of nitrogens with zero attached hydrogens (tertiary/aromatic N) is 3. The third-order valence-corrected chi connectivity index (χ3v) is 11.1. The summed E-state index contributed by atoms with van der Waals surface area (Å²) in [5.74, 6) is -3.18. The molecule has 4 unspecified atom stereocenters. The van der Waals surface area contributed by atoms with E-state index in [9.17, 15) is 19.1 Å². The zero-order valence-electron chi connectivity index (χ0n) is 27.9. The second kappa shape index (κ2) is 14.0. The lowest BCUT2D eigenvalue weighted by molar-refractivity contribution is -0.146. The second-order valence-corrected chi connectivity index (χ2v) is 14.0. The van der Waals surface area contributed by atoms with Gasteiger partial charge in [0.2, 0.25) is 0 Å². The summed E-state index contributed by atoms with van der Waals surface area (Å²) in [4.78, 5) is 32.6. The molecule has 1 aromatic heterocycles. The van der Waals surface area contributed by atoms with Gasteiger partial charge in [-0.2, -0.15) is 0 Å². The summed E-state index contributed by atoms with van der Waals surface area (Å²) in [6.45, 7) is 1.75. The summed E-state index contributed by atoms with van der Waals surface area (Å²) in [5.41, 5.74) is 5.69. The standard InChI is InChI=1S/C37H38Cl2FN5O5/c1-44-16-15-28-27(18-44)42-35(45(28)2)36(46)43-26-12-6-9-22(31(26)38)19-7-4-8-21-20(19)13-14-29(21)50-33(23-10-5-11-25(40)32(23)49-3)30-24(37(47)48)17-41-34(30)39/h4-12,24,29-30,33-34,41H,13-18H2,1-3H3,(H,43,46)(H,47,48)/t24?,29-,30?,33?,34?/m1/s1. The monoisotopic (exact) mass is 721 g/mol. The van der Waals surface area contributed by atoms with Gasteiger partial charge in [-0.3, -0.25) is 9.59 Å². The van der Waals surface area contributed by atoms with Crippen molar-refractivity contribution in [3.63, 3.8) is 0 Å². The van der Waals surface area contributed by atoms with E-state index in [1.54, 1.807) is 18.2 Å². The van der Waals surface area contributed by atoms with Crippen LogP contribution >= 0.6 is 23.2 Å². The Bertz CT molecular complexity index is 1970. The Morgan fingerprint density at radius 3 is 2.64 bits per heavy atom. The molecule has 0 saturated carbocycles. The van der Waals surface area contributed by atoms with Crippen molar-refractivity contribution in [2.24, 2.45) is 18.9 Å². The number of likely N-dealkylation sites (N-methyl/N-ethyl adjacent to an activating group) is 1. The van der Waals surface area contributed by atoms with Crippen LogP contribution in [-0.2, 0) is 36.0 Å². The first-order chi connectivity index (χ1) is 24.1. The molecule has 1 fully saturated rings. The van der Waals surface area contributed by atoms with Crippen molar-refractivity contribution in [3.05, 3.63) is 99.3 Å². The Labute approximate surface area is 299 Å². The van der Waals surface area contributed by atoms with Gasteiger partial charge in [0.15, 0.2) is 17.4 Å². The molecule has 4 aromatic rings. The first-order valence-corrected chi connectivity index (χ1v) is 17.4. The minimum Gasteiger partial charge on any atom is -0.493 e. The summed E-state index contributed by atoms with van der Waals surface area (Å²) in [6.07, 6.45) is 0.732. The number of carboxylic acids is 1. The molecule has 1 saturated heterocycles. The van der Waals surface area contributed by atoms with E-state index in [0.29, 0.717) is 41.5 Å². The number of carbonyl (C=O) groups is 2. The van der Waals surface area contributed by atoms with Crippen molar-refractivity contribution in [3.8, 4) is 16.9 Å². The molecule has 10 nitrogen and oxygen atoms in total. The Morgan fingerprint density at radius 2 is 1.86 bits per heavy atom. The molecule has 0 bridgehead atoms. The highest BCUT2D eigenvalue weighted by Crippen LogP contribution is 2.49. The first kappa shape index (κ1) is 34.4. The number of methoxy groups -OCH3 is 1.